The van der Waals surface area contributed by atoms with Crippen molar-refractivity contribution in [2.45, 2.75) is 18.9 Å². The molecule has 2 amide bonds. The highest BCUT2D eigenvalue weighted by Gasteiger charge is 2.37. The molecule has 0 unspecified atom stereocenters. The zero-order chi connectivity index (χ0) is 13.6. The van der Waals surface area contributed by atoms with Gasteiger partial charge in [0.1, 0.15) is 5.54 Å². The lowest BCUT2D eigenvalue weighted by atomic mass is 9.90. The number of methoxy groups -OCH3 is 1. The van der Waals surface area contributed by atoms with Crippen LogP contribution in [0, 0.1) is 0 Å². The van der Waals surface area contributed by atoms with Gasteiger partial charge in [0.05, 0.1) is 6.61 Å². The predicted octanol–water partition coefficient (Wildman–Crippen LogP) is 0.236. The van der Waals surface area contributed by atoms with E-state index in [1.54, 1.807) is 0 Å². The Balaban J connectivity index is 3.01. The zero-order valence-corrected chi connectivity index (χ0v) is 10.6. The number of carbonyl (C=O) groups is 2. The Hall–Kier alpha value is -1.88. The van der Waals surface area contributed by atoms with E-state index < -0.39 is 11.4 Å². The Morgan fingerprint density at radius 3 is 2.39 bits per heavy atom. The van der Waals surface area contributed by atoms with Crippen LogP contribution < -0.4 is 11.1 Å². The molecular formula is C13H18N2O3. The van der Waals surface area contributed by atoms with Gasteiger partial charge in [-0.3, -0.25) is 9.59 Å². The van der Waals surface area contributed by atoms with Gasteiger partial charge in [-0.15, -0.1) is 0 Å². The van der Waals surface area contributed by atoms with Gasteiger partial charge in [0.15, 0.2) is 0 Å². The van der Waals surface area contributed by atoms with Gasteiger partial charge in [0.25, 0.3) is 0 Å². The van der Waals surface area contributed by atoms with E-state index in [1.165, 1.54) is 14.0 Å². The van der Waals surface area contributed by atoms with E-state index in [0.717, 1.165) is 5.56 Å². The maximum Gasteiger partial charge on any atom is 0.245 e. The molecule has 0 heterocycles. The van der Waals surface area contributed by atoms with E-state index in [2.05, 4.69) is 5.32 Å². The average Bonchev–Trinajstić information content (AvgIpc) is 2.29. The molecule has 5 nitrogen and oxygen atoms in total. The number of nitrogens with two attached hydrogens (primary N) is 1. The van der Waals surface area contributed by atoms with Crippen molar-refractivity contribution in [1.82, 2.24) is 5.32 Å². The normalized spacial score (nSPS) is 13.7. The highest BCUT2D eigenvalue weighted by molar-refractivity contribution is 5.90. The van der Waals surface area contributed by atoms with E-state index >= 15 is 0 Å². The average molecular weight is 250 g/mol. The van der Waals surface area contributed by atoms with Crippen LogP contribution in [0.25, 0.3) is 0 Å². The summed E-state index contributed by atoms with van der Waals surface area (Å²) < 4.78 is 5.03. The van der Waals surface area contributed by atoms with Gasteiger partial charge in [-0.2, -0.15) is 0 Å². The van der Waals surface area contributed by atoms with Gasteiger partial charge in [-0.1, -0.05) is 30.3 Å². The minimum absolute atomic E-state index is 0.0385. The van der Waals surface area contributed by atoms with Crippen molar-refractivity contribution in [3.63, 3.8) is 0 Å². The van der Waals surface area contributed by atoms with Crippen LogP contribution in [0.3, 0.4) is 0 Å². The molecule has 18 heavy (non-hydrogen) atoms. The number of carbonyl (C=O) groups excluding carboxylic acids is 2. The molecule has 1 atom stereocenters. The first kappa shape index (κ1) is 14.2. The fourth-order valence-electron chi connectivity index (χ4n) is 1.88. The van der Waals surface area contributed by atoms with Crippen LogP contribution in [0.5, 0.6) is 0 Å². The summed E-state index contributed by atoms with van der Waals surface area (Å²) in [5, 5.41) is 2.60. The highest BCUT2D eigenvalue weighted by Crippen LogP contribution is 2.14. The number of benzene rings is 1. The summed E-state index contributed by atoms with van der Waals surface area (Å²) in [6.07, 6.45) is 0.302. The van der Waals surface area contributed by atoms with E-state index in [4.69, 9.17) is 10.5 Å². The monoisotopic (exact) mass is 250 g/mol. The maximum atomic E-state index is 11.7. The summed E-state index contributed by atoms with van der Waals surface area (Å²) in [5.74, 6) is -0.926. The van der Waals surface area contributed by atoms with Gasteiger partial charge < -0.3 is 15.8 Å². The van der Waals surface area contributed by atoms with Gasteiger partial charge in [0, 0.05) is 20.5 Å². The molecule has 0 aliphatic rings. The number of primary amides is 1. The Kier molecular flexibility index (Phi) is 4.85. The largest absolute Gasteiger partial charge is 0.382 e. The van der Waals surface area contributed by atoms with Crippen LogP contribution in [0.15, 0.2) is 30.3 Å². The molecule has 3 N–H and O–H groups in total. The van der Waals surface area contributed by atoms with Crippen LogP contribution >= 0.6 is 0 Å². The Morgan fingerprint density at radius 2 is 1.94 bits per heavy atom. The second-order valence-corrected chi connectivity index (χ2v) is 4.22. The number of hydrogen-bond acceptors (Lipinski definition) is 3. The third-order valence-corrected chi connectivity index (χ3v) is 2.63. The molecule has 0 aliphatic carbocycles. The number of amides is 2. The molecule has 1 aromatic carbocycles. The third kappa shape index (κ3) is 3.56. The molecule has 1 rings (SSSR count). The first-order chi connectivity index (χ1) is 8.50. The highest BCUT2D eigenvalue weighted by atomic mass is 16.5. The van der Waals surface area contributed by atoms with Crippen LogP contribution in [0.1, 0.15) is 12.5 Å². The maximum absolute atomic E-state index is 11.7. The van der Waals surface area contributed by atoms with Crippen LogP contribution in [0.2, 0.25) is 0 Å². The fraction of sp³-hybridized carbons (Fsp3) is 0.385. The van der Waals surface area contributed by atoms with Gasteiger partial charge in [0.2, 0.25) is 11.8 Å². The SMILES string of the molecule is COC[C@@](Cc1ccccc1)(NC(C)=O)C(N)=O. The lowest BCUT2D eigenvalue weighted by Gasteiger charge is -2.30. The third-order valence-electron chi connectivity index (χ3n) is 2.63. The number of rotatable bonds is 6. The summed E-state index contributed by atoms with van der Waals surface area (Å²) in [5.41, 5.74) is 5.12. The topological polar surface area (TPSA) is 81.4 Å². The Bertz CT molecular complexity index is 420. The van der Waals surface area contributed by atoms with Crippen molar-refractivity contribution in [2.75, 3.05) is 13.7 Å². The van der Waals surface area contributed by atoms with E-state index in [-0.39, 0.29) is 12.5 Å². The summed E-state index contributed by atoms with van der Waals surface area (Å²) in [6.45, 7) is 1.38. The minimum Gasteiger partial charge on any atom is -0.382 e. The zero-order valence-electron chi connectivity index (χ0n) is 10.6. The van der Waals surface area contributed by atoms with Crippen LogP contribution in [0.4, 0.5) is 0 Å². The van der Waals surface area contributed by atoms with Gasteiger partial charge in [-0.05, 0) is 5.56 Å². The van der Waals surface area contributed by atoms with Crippen molar-refractivity contribution >= 4 is 11.8 Å². The number of nitrogens with one attached hydrogen (secondary N) is 1. The molecule has 0 fully saturated rings. The molecule has 98 valence electrons. The lowest BCUT2D eigenvalue weighted by Crippen LogP contribution is -2.61. The van der Waals surface area contributed by atoms with Crippen molar-refractivity contribution < 1.29 is 14.3 Å². The Labute approximate surface area is 106 Å². The van der Waals surface area contributed by atoms with E-state index in [9.17, 15) is 9.59 Å². The number of hydrogen-bond donors (Lipinski definition) is 2. The van der Waals surface area contributed by atoms with Gasteiger partial charge in [-0.25, -0.2) is 0 Å². The Morgan fingerprint density at radius 1 is 1.33 bits per heavy atom. The second-order valence-electron chi connectivity index (χ2n) is 4.22. The molecule has 0 spiro atoms. The van der Waals surface area contributed by atoms with Crippen LogP contribution in [-0.4, -0.2) is 31.1 Å². The lowest BCUT2D eigenvalue weighted by molar-refractivity contribution is -0.132. The fourth-order valence-corrected chi connectivity index (χ4v) is 1.88. The smallest absolute Gasteiger partial charge is 0.245 e. The standard InChI is InChI=1S/C13H18N2O3/c1-10(16)15-13(9-18-2,12(14)17)8-11-6-4-3-5-7-11/h3-7H,8-9H2,1-2H3,(H2,14,17)(H,15,16)/t13-/m1/s1. The first-order valence-electron chi connectivity index (χ1n) is 5.62. The first-order valence-corrected chi connectivity index (χ1v) is 5.62. The van der Waals surface area contributed by atoms with Crippen molar-refractivity contribution in [2.24, 2.45) is 5.73 Å². The molecule has 1 aromatic rings. The molecule has 5 heteroatoms. The minimum atomic E-state index is -1.21. The molecule has 0 saturated carbocycles. The summed E-state index contributed by atoms with van der Waals surface area (Å²) in [4.78, 5) is 22.9. The molecule has 0 aromatic heterocycles. The van der Waals surface area contributed by atoms with Gasteiger partial charge >= 0.3 is 0 Å². The van der Waals surface area contributed by atoms with Crippen molar-refractivity contribution in [1.29, 1.82) is 0 Å². The molecule has 0 saturated heterocycles. The molecular weight excluding hydrogens is 232 g/mol. The quantitative estimate of drug-likeness (QED) is 0.758. The summed E-state index contributed by atoms with van der Waals surface area (Å²) in [7, 11) is 1.46. The summed E-state index contributed by atoms with van der Waals surface area (Å²) in [6, 6.07) is 9.35. The second kappa shape index (κ2) is 6.16. The molecule has 0 bridgehead atoms. The van der Waals surface area contributed by atoms with Crippen molar-refractivity contribution in [3.8, 4) is 0 Å². The number of ether oxygens (including phenoxy) is 1. The van der Waals surface area contributed by atoms with E-state index in [0.29, 0.717) is 6.42 Å². The molecule has 0 aliphatic heterocycles. The van der Waals surface area contributed by atoms with Crippen LogP contribution in [-0.2, 0) is 20.7 Å². The molecule has 0 radical (unpaired) electrons. The summed E-state index contributed by atoms with van der Waals surface area (Å²) >= 11 is 0. The van der Waals surface area contributed by atoms with E-state index in [1.807, 2.05) is 30.3 Å². The van der Waals surface area contributed by atoms with Crippen molar-refractivity contribution in [3.05, 3.63) is 35.9 Å². The predicted molar refractivity (Wildman–Crippen MR) is 67.8 cm³/mol.